The second kappa shape index (κ2) is 7.52. The Balaban J connectivity index is 2.57. The summed E-state index contributed by atoms with van der Waals surface area (Å²) in [6.07, 6.45) is -0.849. The number of alkyl halides is 2. The highest BCUT2D eigenvalue weighted by molar-refractivity contribution is 5.77. The lowest BCUT2D eigenvalue weighted by molar-refractivity contribution is -0.0498. The van der Waals surface area contributed by atoms with Crippen molar-refractivity contribution in [2.45, 2.75) is 19.6 Å². The molecule has 1 rings (SSSR count). The van der Waals surface area contributed by atoms with Crippen LogP contribution in [0.15, 0.2) is 29.3 Å². The number of guanidine groups is 1. The third-order valence-electron chi connectivity index (χ3n) is 2.28. The zero-order chi connectivity index (χ0) is 14.3. The van der Waals surface area contributed by atoms with E-state index in [9.17, 15) is 13.9 Å². The smallest absolute Gasteiger partial charge is 0.387 e. The minimum atomic E-state index is -2.86. The van der Waals surface area contributed by atoms with Gasteiger partial charge in [0.1, 0.15) is 5.75 Å². The third kappa shape index (κ3) is 5.52. The molecule has 4 N–H and O–H groups in total. The maximum absolute atomic E-state index is 12.0. The lowest BCUT2D eigenvalue weighted by atomic mass is 10.1. The number of nitrogens with two attached hydrogens (primary N) is 1. The summed E-state index contributed by atoms with van der Waals surface area (Å²) in [7, 11) is 0. The fourth-order valence-corrected chi connectivity index (χ4v) is 1.40. The number of halogens is 2. The molecule has 0 fully saturated rings. The van der Waals surface area contributed by atoms with Crippen LogP contribution in [0.1, 0.15) is 18.6 Å². The molecule has 1 aromatic rings. The molecule has 0 saturated heterocycles. The van der Waals surface area contributed by atoms with Crippen molar-refractivity contribution in [3.8, 4) is 5.75 Å². The van der Waals surface area contributed by atoms with Crippen molar-refractivity contribution in [1.82, 2.24) is 5.32 Å². The fraction of sp³-hybridized carbons (Fsp3) is 0.417. The normalized spacial score (nSPS) is 13.4. The number of ether oxygens (including phenoxy) is 1. The van der Waals surface area contributed by atoms with Crippen LogP contribution in [0.5, 0.6) is 5.75 Å². The molecule has 0 aliphatic rings. The van der Waals surface area contributed by atoms with Crippen LogP contribution in [0.25, 0.3) is 0 Å². The van der Waals surface area contributed by atoms with Crippen molar-refractivity contribution in [2.24, 2.45) is 10.7 Å². The van der Waals surface area contributed by atoms with Crippen LogP contribution >= 0.6 is 0 Å². The number of aliphatic hydroxyl groups excluding tert-OH is 1. The summed E-state index contributed by atoms with van der Waals surface area (Å²) in [5.41, 5.74) is 6.06. The van der Waals surface area contributed by atoms with Gasteiger partial charge < -0.3 is 20.9 Å². The Labute approximate surface area is 110 Å². The molecule has 0 radical (unpaired) electrons. The Kier molecular flexibility index (Phi) is 6.01. The van der Waals surface area contributed by atoms with Crippen molar-refractivity contribution in [3.63, 3.8) is 0 Å². The van der Waals surface area contributed by atoms with Crippen LogP contribution in [0.2, 0.25) is 0 Å². The molecule has 0 saturated carbocycles. The van der Waals surface area contributed by atoms with Gasteiger partial charge in [-0.2, -0.15) is 8.78 Å². The standard InChI is InChI=1S/C12H17F2N3O2/c1-2-16-12(15)17-7-10(18)8-3-5-9(6-4-8)19-11(13)14/h3-6,10-11,18H,2,7H2,1H3,(H3,15,16,17). The predicted octanol–water partition coefficient (Wildman–Crippen LogP) is 1.25. The minimum absolute atomic E-state index is 0.0432. The van der Waals surface area contributed by atoms with E-state index < -0.39 is 12.7 Å². The minimum Gasteiger partial charge on any atom is -0.435 e. The molecule has 1 atom stereocenters. The van der Waals surface area contributed by atoms with E-state index in [1.54, 1.807) is 0 Å². The first-order chi connectivity index (χ1) is 9.02. The van der Waals surface area contributed by atoms with Gasteiger partial charge >= 0.3 is 6.61 Å². The SMILES string of the molecule is CCNC(N)=NCC(O)c1ccc(OC(F)F)cc1. The molecular formula is C12H17F2N3O2. The van der Waals surface area contributed by atoms with E-state index in [0.29, 0.717) is 12.1 Å². The lowest BCUT2D eigenvalue weighted by Crippen LogP contribution is -2.31. The van der Waals surface area contributed by atoms with Crippen LogP contribution in [0, 0.1) is 0 Å². The van der Waals surface area contributed by atoms with Crippen LogP contribution in [0.4, 0.5) is 8.78 Å². The highest BCUT2D eigenvalue weighted by Gasteiger charge is 2.08. The molecule has 0 amide bonds. The molecule has 7 heteroatoms. The highest BCUT2D eigenvalue weighted by Crippen LogP contribution is 2.19. The summed E-state index contributed by atoms with van der Waals surface area (Å²) in [5.74, 6) is 0.292. The molecule has 1 aromatic carbocycles. The number of nitrogens with one attached hydrogen (secondary N) is 1. The molecule has 0 bridgehead atoms. The number of nitrogens with zero attached hydrogens (tertiary/aromatic N) is 1. The molecule has 106 valence electrons. The van der Waals surface area contributed by atoms with Gasteiger partial charge in [-0.25, -0.2) is 0 Å². The molecule has 0 aliphatic heterocycles. The quantitative estimate of drug-likeness (QED) is 0.538. The first kappa shape index (κ1) is 15.2. The van der Waals surface area contributed by atoms with Gasteiger partial charge in [-0.3, -0.25) is 4.99 Å². The first-order valence-electron chi connectivity index (χ1n) is 5.79. The molecule has 19 heavy (non-hydrogen) atoms. The van der Waals surface area contributed by atoms with Crippen LogP contribution in [0.3, 0.4) is 0 Å². The maximum atomic E-state index is 12.0. The third-order valence-corrected chi connectivity index (χ3v) is 2.28. The van der Waals surface area contributed by atoms with Gasteiger partial charge in [0.05, 0.1) is 12.6 Å². The van der Waals surface area contributed by atoms with Crippen molar-refractivity contribution < 1.29 is 18.6 Å². The topological polar surface area (TPSA) is 79.9 Å². The Hall–Kier alpha value is -1.89. The average Bonchev–Trinajstić information content (AvgIpc) is 2.36. The summed E-state index contributed by atoms with van der Waals surface area (Å²) >= 11 is 0. The van der Waals surface area contributed by atoms with Crippen LogP contribution < -0.4 is 15.8 Å². The van der Waals surface area contributed by atoms with Gasteiger partial charge in [0, 0.05) is 6.54 Å². The molecular weight excluding hydrogens is 256 g/mol. The van der Waals surface area contributed by atoms with E-state index >= 15 is 0 Å². The van der Waals surface area contributed by atoms with E-state index in [-0.39, 0.29) is 18.3 Å². The summed E-state index contributed by atoms with van der Waals surface area (Å²) in [5, 5.41) is 12.6. The van der Waals surface area contributed by atoms with Gasteiger partial charge in [-0.15, -0.1) is 0 Å². The van der Waals surface area contributed by atoms with E-state index in [2.05, 4.69) is 15.0 Å². The van der Waals surface area contributed by atoms with E-state index in [4.69, 9.17) is 5.73 Å². The average molecular weight is 273 g/mol. The zero-order valence-corrected chi connectivity index (χ0v) is 10.5. The van der Waals surface area contributed by atoms with Crippen LogP contribution in [-0.4, -0.2) is 30.8 Å². The van der Waals surface area contributed by atoms with E-state index in [0.717, 1.165) is 0 Å². The van der Waals surface area contributed by atoms with Gasteiger partial charge in [0.15, 0.2) is 5.96 Å². The summed E-state index contributed by atoms with van der Waals surface area (Å²) in [6.45, 7) is -0.250. The zero-order valence-electron chi connectivity index (χ0n) is 10.5. The second-order valence-electron chi connectivity index (χ2n) is 3.72. The Morgan fingerprint density at radius 3 is 2.58 bits per heavy atom. The highest BCUT2D eigenvalue weighted by atomic mass is 19.3. The number of aliphatic hydroxyl groups is 1. The largest absolute Gasteiger partial charge is 0.435 e. The van der Waals surface area contributed by atoms with E-state index in [1.165, 1.54) is 24.3 Å². The van der Waals surface area contributed by atoms with Gasteiger partial charge in [0.25, 0.3) is 0 Å². The number of hydrogen-bond acceptors (Lipinski definition) is 3. The maximum Gasteiger partial charge on any atom is 0.387 e. The van der Waals surface area contributed by atoms with Crippen molar-refractivity contribution in [1.29, 1.82) is 0 Å². The fourth-order valence-electron chi connectivity index (χ4n) is 1.40. The van der Waals surface area contributed by atoms with Crippen molar-refractivity contribution in [2.75, 3.05) is 13.1 Å². The van der Waals surface area contributed by atoms with Crippen LogP contribution in [-0.2, 0) is 0 Å². The van der Waals surface area contributed by atoms with E-state index in [1.807, 2.05) is 6.92 Å². The molecule has 0 aromatic heterocycles. The summed E-state index contributed by atoms with van der Waals surface area (Å²) in [6, 6.07) is 5.73. The number of rotatable bonds is 6. The monoisotopic (exact) mass is 273 g/mol. The Morgan fingerprint density at radius 1 is 1.42 bits per heavy atom. The molecule has 0 spiro atoms. The summed E-state index contributed by atoms with van der Waals surface area (Å²) < 4.78 is 28.1. The molecule has 0 aliphatic carbocycles. The van der Waals surface area contributed by atoms with Gasteiger partial charge in [-0.05, 0) is 24.6 Å². The number of hydrogen-bond donors (Lipinski definition) is 3. The van der Waals surface area contributed by atoms with Crippen molar-refractivity contribution in [3.05, 3.63) is 29.8 Å². The number of benzene rings is 1. The van der Waals surface area contributed by atoms with Crippen molar-refractivity contribution >= 4 is 5.96 Å². The van der Waals surface area contributed by atoms with Gasteiger partial charge in [-0.1, -0.05) is 12.1 Å². The molecule has 5 nitrogen and oxygen atoms in total. The summed E-state index contributed by atoms with van der Waals surface area (Å²) in [4.78, 5) is 3.94. The molecule has 0 heterocycles. The number of aliphatic imine (C=N–C) groups is 1. The lowest BCUT2D eigenvalue weighted by Gasteiger charge is -2.10. The van der Waals surface area contributed by atoms with Gasteiger partial charge in [0.2, 0.25) is 0 Å². The second-order valence-corrected chi connectivity index (χ2v) is 3.72. The molecule has 1 unspecified atom stereocenters. The Morgan fingerprint density at radius 2 is 2.05 bits per heavy atom. The predicted molar refractivity (Wildman–Crippen MR) is 68.2 cm³/mol. The Bertz CT molecular complexity index is 410. The first-order valence-corrected chi connectivity index (χ1v) is 5.79.